The summed E-state index contributed by atoms with van der Waals surface area (Å²) in [5.41, 5.74) is 1.26. The average molecular weight is 261 g/mol. The maximum Gasteiger partial charge on any atom is 0.161 e. The maximum atomic E-state index is 5.65. The normalized spacial score (nSPS) is 15.0. The molecule has 1 unspecified atom stereocenters. The molecule has 2 rings (SSSR count). The number of fused-ring (bicyclic) bond motifs is 1. The van der Waals surface area contributed by atoms with Crippen molar-refractivity contribution in [3.8, 4) is 11.5 Å². The molecule has 1 aliphatic rings. The Labute approximate surface area is 115 Å². The summed E-state index contributed by atoms with van der Waals surface area (Å²) in [6, 6.07) is 6.60. The SMILES string of the molecule is C=CCCC(NCCC)c1ccc2c(c1)OCCO2. The smallest absolute Gasteiger partial charge is 0.161 e. The van der Waals surface area contributed by atoms with Crippen molar-refractivity contribution < 1.29 is 9.47 Å². The van der Waals surface area contributed by atoms with Crippen LogP contribution in [-0.4, -0.2) is 19.8 Å². The first-order valence-electron chi connectivity index (χ1n) is 7.09. The molecule has 1 heterocycles. The van der Waals surface area contributed by atoms with Gasteiger partial charge in [0, 0.05) is 6.04 Å². The fraction of sp³-hybridized carbons (Fsp3) is 0.500. The first-order chi connectivity index (χ1) is 9.35. The second-order valence-electron chi connectivity index (χ2n) is 4.78. The lowest BCUT2D eigenvalue weighted by atomic mass is 10.0. The van der Waals surface area contributed by atoms with E-state index in [1.807, 2.05) is 12.1 Å². The third kappa shape index (κ3) is 3.74. The number of hydrogen-bond acceptors (Lipinski definition) is 3. The van der Waals surface area contributed by atoms with Crippen molar-refractivity contribution in [3.63, 3.8) is 0 Å². The lowest BCUT2D eigenvalue weighted by Crippen LogP contribution is -2.22. The molecule has 0 spiro atoms. The monoisotopic (exact) mass is 261 g/mol. The van der Waals surface area contributed by atoms with E-state index in [9.17, 15) is 0 Å². The molecular weight excluding hydrogens is 238 g/mol. The van der Waals surface area contributed by atoms with Crippen LogP contribution in [-0.2, 0) is 0 Å². The van der Waals surface area contributed by atoms with Crippen LogP contribution in [0.3, 0.4) is 0 Å². The van der Waals surface area contributed by atoms with Gasteiger partial charge in [0.05, 0.1) is 0 Å². The molecule has 0 fully saturated rings. The van der Waals surface area contributed by atoms with Crippen LogP contribution < -0.4 is 14.8 Å². The zero-order valence-electron chi connectivity index (χ0n) is 11.7. The topological polar surface area (TPSA) is 30.5 Å². The molecule has 1 atom stereocenters. The van der Waals surface area contributed by atoms with E-state index in [-0.39, 0.29) is 0 Å². The Morgan fingerprint density at radius 1 is 1.32 bits per heavy atom. The summed E-state index contributed by atoms with van der Waals surface area (Å²) >= 11 is 0. The predicted octanol–water partition coefficient (Wildman–Crippen LogP) is 3.46. The molecule has 1 N–H and O–H groups in total. The summed E-state index contributed by atoms with van der Waals surface area (Å²) in [6.45, 7) is 8.28. The van der Waals surface area contributed by atoms with Gasteiger partial charge in [-0.15, -0.1) is 6.58 Å². The minimum absolute atomic E-state index is 0.355. The number of allylic oxidation sites excluding steroid dienone is 1. The van der Waals surface area contributed by atoms with Crippen LogP contribution in [0.2, 0.25) is 0 Å². The molecular formula is C16H23NO2. The van der Waals surface area contributed by atoms with Gasteiger partial charge in [0.15, 0.2) is 11.5 Å². The number of ether oxygens (including phenoxy) is 2. The summed E-state index contributed by atoms with van der Waals surface area (Å²) in [5, 5.41) is 3.58. The number of hydrogen-bond donors (Lipinski definition) is 1. The lowest BCUT2D eigenvalue weighted by Gasteiger charge is -2.22. The third-order valence-electron chi connectivity index (χ3n) is 3.27. The zero-order chi connectivity index (χ0) is 13.5. The van der Waals surface area contributed by atoms with Crippen molar-refractivity contribution in [2.45, 2.75) is 32.2 Å². The molecule has 1 aromatic rings. The highest BCUT2D eigenvalue weighted by molar-refractivity contribution is 5.44. The van der Waals surface area contributed by atoms with Gasteiger partial charge in [0.2, 0.25) is 0 Å². The van der Waals surface area contributed by atoms with Crippen LogP contribution in [0.25, 0.3) is 0 Å². The summed E-state index contributed by atoms with van der Waals surface area (Å²) in [5.74, 6) is 1.72. The van der Waals surface area contributed by atoms with E-state index in [4.69, 9.17) is 9.47 Å². The van der Waals surface area contributed by atoms with E-state index in [2.05, 4.69) is 31.0 Å². The van der Waals surface area contributed by atoms with Crippen LogP contribution in [0, 0.1) is 0 Å². The lowest BCUT2D eigenvalue weighted by molar-refractivity contribution is 0.171. The van der Waals surface area contributed by atoms with Gasteiger partial charge in [-0.2, -0.15) is 0 Å². The third-order valence-corrected chi connectivity index (χ3v) is 3.27. The van der Waals surface area contributed by atoms with Crippen LogP contribution in [0.15, 0.2) is 30.9 Å². The molecule has 1 aliphatic heterocycles. The van der Waals surface area contributed by atoms with Crippen molar-refractivity contribution >= 4 is 0 Å². The summed E-state index contributed by atoms with van der Waals surface area (Å²) in [7, 11) is 0. The summed E-state index contributed by atoms with van der Waals surface area (Å²) in [6.07, 6.45) is 5.17. The van der Waals surface area contributed by atoms with Crippen molar-refractivity contribution in [3.05, 3.63) is 36.4 Å². The highest BCUT2D eigenvalue weighted by Gasteiger charge is 2.16. The van der Waals surface area contributed by atoms with Gasteiger partial charge in [0.1, 0.15) is 13.2 Å². The Hall–Kier alpha value is -1.48. The van der Waals surface area contributed by atoms with Gasteiger partial charge >= 0.3 is 0 Å². The van der Waals surface area contributed by atoms with Crippen LogP contribution in [0.4, 0.5) is 0 Å². The molecule has 0 amide bonds. The van der Waals surface area contributed by atoms with Gasteiger partial charge < -0.3 is 14.8 Å². The van der Waals surface area contributed by atoms with Crippen molar-refractivity contribution in [2.75, 3.05) is 19.8 Å². The molecule has 19 heavy (non-hydrogen) atoms. The van der Waals surface area contributed by atoms with Crippen LogP contribution in [0.5, 0.6) is 11.5 Å². The Bertz CT molecular complexity index is 417. The average Bonchev–Trinajstić information content (AvgIpc) is 2.47. The highest BCUT2D eigenvalue weighted by Crippen LogP contribution is 2.33. The van der Waals surface area contributed by atoms with Gasteiger partial charge in [-0.3, -0.25) is 0 Å². The number of nitrogens with one attached hydrogen (secondary N) is 1. The molecule has 0 bridgehead atoms. The maximum absolute atomic E-state index is 5.65. The number of benzene rings is 1. The molecule has 3 nitrogen and oxygen atoms in total. The molecule has 0 radical (unpaired) electrons. The molecule has 0 saturated carbocycles. The molecule has 0 aliphatic carbocycles. The highest BCUT2D eigenvalue weighted by atomic mass is 16.6. The van der Waals surface area contributed by atoms with Crippen LogP contribution in [0.1, 0.15) is 37.8 Å². The molecule has 0 aromatic heterocycles. The van der Waals surface area contributed by atoms with E-state index < -0.39 is 0 Å². The predicted molar refractivity (Wildman–Crippen MR) is 77.9 cm³/mol. The van der Waals surface area contributed by atoms with Gasteiger partial charge in [-0.1, -0.05) is 19.1 Å². The first kappa shape index (κ1) is 13.9. The van der Waals surface area contributed by atoms with E-state index in [0.29, 0.717) is 19.3 Å². The van der Waals surface area contributed by atoms with Crippen molar-refractivity contribution in [2.24, 2.45) is 0 Å². The minimum Gasteiger partial charge on any atom is -0.486 e. The standard InChI is InChI=1S/C16H23NO2/c1-3-5-6-14(17-9-4-2)13-7-8-15-16(12-13)19-11-10-18-15/h3,7-8,12,14,17H,1,4-6,9-11H2,2H3. The van der Waals surface area contributed by atoms with Crippen molar-refractivity contribution in [1.82, 2.24) is 5.32 Å². The van der Waals surface area contributed by atoms with E-state index in [1.165, 1.54) is 5.56 Å². The fourth-order valence-electron chi connectivity index (χ4n) is 2.27. The molecule has 3 heteroatoms. The van der Waals surface area contributed by atoms with E-state index >= 15 is 0 Å². The zero-order valence-corrected chi connectivity index (χ0v) is 11.7. The largest absolute Gasteiger partial charge is 0.486 e. The Morgan fingerprint density at radius 3 is 2.84 bits per heavy atom. The Morgan fingerprint density at radius 2 is 2.11 bits per heavy atom. The Kier molecular flexibility index (Phi) is 5.28. The second-order valence-corrected chi connectivity index (χ2v) is 4.78. The minimum atomic E-state index is 0.355. The summed E-state index contributed by atoms with van der Waals surface area (Å²) < 4.78 is 11.2. The molecule has 1 aromatic carbocycles. The van der Waals surface area contributed by atoms with Crippen molar-refractivity contribution in [1.29, 1.82) is 0 Å². The van der Waals surface area contributed by atoms with E-state index in [1.54, 1.807) is 0 Å². The molecule has 104 valence electrons. The fourth-order valence-corrected chi connectivity index (χ4v) is 2.27. The van der Waals surface area contributed by atoms with Crippen LogP contribution >= 0.6 is 0 Å². The second kappa shape index (κ2) is 7.19. The Balaban J connectivity index is 2.12. The van der Waals surface area contributed by atoms with E-state index in [0.717, 1.165) is 37.3 Å². The quantitative estimate of drug-likeness (QED) is 0.762. The van der Waals surface area contributed by atoms with Gasteiger partial charge in [0.25, 0.3) is 0 Å². The summed E-state index contributed by atoms with van der Waals surface area (Å²) in [4.78, 5) is 0. The molecule has 0 saturated heterocycles. The van der Waals surface area contributed by atoms with Gasteiger partial charge in [-0.05, 0) is 43.5 Å². The number of rotatable bonds is 7. The van der Waals surface area contributed by atoms with Gasteiger partial charge in [-0.25, -0.2) is 0 Å². The first-order valence-corrected chi connectivity index (χ1v) is 7.09.